The van der Waals surface area contributed by atoms with Crippen LogP contribution in [0.25, 0.3) is 0 Å². The van der Waals surface area contributed by atoms with Gasteiger partial charge in [-0.3, -0.25) is 9.59 Å². The van der Waals surface area contributed by atoms with Crippen molar-refractivity contribution in [1.82, 2.24) is 4.90 Å². The van der Waals surface area contributed by atoms with Gasteiger partial charge in [0.05, 0.1) is 31.3 Å². The van der Waals surface area contributed by atoms with Crippen molar-refractivity contribution in [3.05, 3.63) is 53.3 Å². The summed E-state index contributed by atoms with van der Waals surface area (Å²) in [6.07, 6.45) is 2.21. The van der Waals surface area contributed by atoms with Gasteiger partial charge in [0.2, 0.25) is 0 Å². The number of aldehydes is 1. The molecule has 32 heavy (non-hydrogen) atoms. The maximum absolute atomic E-state index is 13.2. The number of halogens is 1. The quantitative estimate of drug-likeness (QED) is 0.585. The van der Waals surface area contributed by atoms with Crippen molar-refractivity contribution in [1.29, 1.82) is 5.26 Å². The van der Waals surface area contributed by atoms with Crippen LogP contribution in [0.1, 0.15) is 28.8 Å². The molecule has 7 nitrogen and oxygen atoms in total. The Kier molecular flexibility index (Phi) is 7.31. The molecule has 1 saturated heterocycles. The number of hydrogen-bond donors (Lipinski definition) is 0. The summed E-state index contributed by atoms with van der Waals surface area (Å²) in [5.41, 5.74) is 0.581. The molecule has 0 saturated carbocycles. The lowest BCUT2D eigenvalue weighted by Gasteiger charge is -2.37. The fourth-order valence-electron chi connectivity index (χ4n) is 3.86. The van der Waals surface area contributed by atoms with E-state index in [1.807, 2.05) is 0 Å². The fraction of sp³-hybridized carbons (Fsp3) is 0.375. The minimum atomic E-state index is -0.582. The minimum Gasteiger partial charge on any atom is -0.496 e. The van der Waals surface area contributed by atoms with Crippen molar-refractivity contribution in [3.8, 4) is 23.3 Å². The highest BCUT2D eigenvalue weighted by Crippen LogP contribution is 2.35. The lowest BCUT2D eigenvalue weighted by molar-refractivity contribution is -0.135. The molecule has 0 aliphatic carbocycles. The van der Waals surface area contributed by atoms with Gasteiger partial charge in [-0.15, -0.1) is 0 Å². The number of ether oxygens (including phenoxy) is 3. The standard InChI is InChI=1S/C24H25FN2O5/c1-30-21-11-19(12-22(31-2)20(21)14-28)32-15-23(29)27-9-7-24(16-26,8-10-27)13-17-3-5-18(25)6-4-17/h3-6,11-12,14H,7-10,13,15H2,1-2H3. The molecule has 0 N–H and O–H groups in total. The van der Waals surface area contributed by atoms with Gasteiger partial charge in [-0.1, -0.05) is 12.1 Å². The third-order valence-corrected chi connectivity index (χ3v) is 5.76. The zero-order valence-corrected chi connectivity index (χ0v) is 18.1. The molecule has 1 amide bonds. The summed E-state index contributed by atoms with van der Waals surface area (Å²) in [5, 5.41) is 9.78. The monoisotopic (exact) mass is 440 g/mol. The molecule has 1 heterocycles. The summed E-state index contributed by atoms with van der Waals surface area (Å²) >= 11 is 0. The first-order chi connectivity index (χ1) is 15.4. The second kappa shape index (κ2) is 10.1. The summed E-state index contributed by atoms with van der Waals surface area (Å²) in [6.45, 7) is 0.686. The number of likely N-dealkylation sites (tertiary alicyclic amines) is 1. The Balaban J connectivity index is 1.59. The molecule has 0 atom stereocenters. The zero-order chi connectivity index (χ0) is 23.1. The van der Waals surface area contributed by atoms with Gasteiger partial charge >= 0.3 is 0 Å². The first kappa shape index (κ1) is 23.1. The molecular formula is C24H25FN2O5. The number of methoxy groups -OCH3 is 2. The fourth-order valence-corrected chi connectivity index (χ4v) is 3.86. The molecule has 0 aromatic heterocycles. The Morgan fingerprint density at radius 1 is 1.16 bits per heavy atom. The molecule has 0 spiro atoms. The first-order valence-corrected chi connectivity index (χ1v) is 10.2. The smallest absolute Gasteiger partial charge is 0.260 e. The largest absolute Gasteiger partial charge is 0.496 e. The minimum absolute atomic E-state index is 0.190. The molecule has 8 heteroatoms. The van der Waals surface area contributed by atoms with Crippen LogP contribution in [0.15, 0.2) is 36.4 Å². The second-order valence-corrected chi connectivity index (χ2v) is 7.72. The molecule has 3 rings (SSSR count). The predicted molar refractivity (Wildman–Crippen MR) is 114 cm³/mol. The van der Waals surface area contributed by atoms with Gasteiger partial charge in [0, 0.05) is 25.2 Å². The number of nitrogens with zero attached hydrogens (tertiary/aromatic N) is 2. The van der Waals surface area contributed by atoms with Crippen LogP contribution >= 0.6 is 0 Å². The van der Waals surface area contributed by atoms with Gasteiger partial charge in [-0.2, -0.15) is 5.26 Å². The van der Waals surface area contributed by atoms with E-state index >= 15 is 0 Å². The van der Waals surface area contributed by atoms with E-state index < -0.39 is 5.41 Å². The summed E-state index contributed by atoms with van der Waals surface area (Å²) in [4.78, 5) is 25.6. The molecule has 2 aromatic carbocycles. The van der Waals surface area contributed by atoms with Crippen LogP contribution in [0.4, 0.5) is 4.39 Å². The van der Waals surface area contributed by atoms with E-state index in [-0.39, 0.29) is 23.9 Å². The van der Waals surface area contributed by atoms with Crippen LogP contribution in [-0.4, -0.2) is 51.0 Å². The molecule has 0 bridgehead atoms. The Hall–Kier alpha value is -3.60. The number of carbonyl (C=O) groups is 2. The van der Waals surface area contributed by atoms with E-state index in [9.17, 15) is 19.2 Å². The lowest BCUT2D eigenvalue weighted by Crippen LogP contribution is -2.45. The van der Waals surface area contributed by atoms with E-state index in [0.717, 1.165) is 5.56 Å². The number of rotatable bonds is 8. The summed E-state index contributed by atoms with van der Waals surface area (Å²) < 4.78 is 29.2. The number of nitriles is 1. The van der Waals surface area contributed by atoms with E-state index in [4.69, 9.17) is 14.2 Å². The molecule has 0 radical (unpaired) electrons. The van der Waals surface area contributed by atoms with E-state index in [1.54, 1.807) is 17.0 Å². The number of amides is 1. The van der Waals surface area contributed by atoms with Crippen molar-refractivity contribution in [2.75, 3.05) is 33.9 Å². The van der Waals surface area contributed by atoms with Gasteiger partial charge in [0.15, 0.2) is 12.9 Å². The van der Waals surface area contributed by atoms with Gasteiger partial charge in [-0.05, 0) is 37.0 Å². The molecule has 168 valence electrons. The van der Waals surface area contributed by atoms with Crippen molar-refractivity contribution in [3.63, 3.8) is 0 Å². The van der Waals surface area contributed by atoms with Crippen LogP contribution in [-0.2, 0) is 11.2 Å². The highest BCUT2D eigenvalue weighted by atomic mass is 19.1. The predicted octanol–water partition coefficient (Wildman–Crippen LogP) is 3.41. The van der Waals surface area contributed by atoms with Gasteiger partial charge < -0.3 is 19.1 Å². The topological polar surface area (TPSA) is 88.9 Å². The van der Waals surface area contributed by atoms with Crippen LogP contribution in [0.2, 0.25) is 0 Å². The Morgan fingerprint density at radius 3 is 2.25 bits per heavy atom. The zero-order valence-electron chi connectivity index (χ0n) is 18.1. The van der Waals surface area contributed by atoms with Gasteiger partial charge in [0.1, 0.15) is 23.1 Å². The highest BCUT2D eigenvalue weighted by molar-refractivity contribution is 5.84. The Labute approximate surface area is 186 Å². The average molecular weight is 440 g/mol. The second-order valence-electron chi connectivity index (χ2n) is 7.72. The van der Waals surface area contributed by atoms with Crippen molar-refractivity contribution in [2.24, 2.45) is 5.41 Å². The molecule has 1 aliphatic heterocycles. The maximum atomic E-state index is 13.2. The molecule has 2 aromatic rings. The van der Waals surface area contributed by atoms with Crippen LogP contribution in [0.3, 0.4) is 0 Å². The third kappa shape index (κ3) is 5.17. The van der Waals surface area contributed by atoms with Crippen molar-refractivity contribution >= 4 is 12.2 Å². The summed E-state index contributed by atoms with van der Waals surface area (Å²) in [5.74, 6) is 0.419. The number of piperidine rings is 1. The molecular weight excluding hydrogens is 415 g/mol. The third-order valence-electron chi connectivity index (χ3n) is 5.76. The van der Waals surface area contributed by atoms with Crippen LogP contribution in [0.5, 0.6) is 17.2 Å². The Morgan fingerprint density at radius 2 is 1.75 bits per heavy atom. The number of benzene rings is 2. The highest BCUT2D eigenvalue weighted by Gasteiger charge is 2.36. The average Bonchev–Trinajstić information content (AvgIpc) is 2.83. The van der Waals surface area contributed by atoms with Gasteiger partial charge in [0.25, 0.3) is 5.91 Å². The molecule has 1 aliphatic rings. The van der Waals surface area contributed by atoms with Gasteiger partial charge in [-0.25, -0.2) is 4.39 Å². The SMILES string of the molecule is COc1cc(OCC(=O)N2CCC(C#N)(Cc3ccc(F)cc3)CC2)cc(OC)c1C=O. The molecule has 1 fully saturated rings. The van der Waals surface area contributed by atoms with E-state index in [2.05, 4.69) is 6.07 Å². The summed E-state index contributed by atoms with van der Waals surface area (Å²) in [6, 6.07) is 11.6. The van der Waals surface area contributed by atoms with Crippen molar-refractivity contribution < 1.29 is 28.2 Å². The lowest BCUT2D eigenvalue weighted by atomic mass is 9.75. The number of hydrogen-bond acceptors (Lipinski definition) is 6. The van der Waals surface area contributed by atoms with Crippen molar-refractivity contribution in [2.45, 2.75) is 19.3 Å². The van der Waals surface area contributed by atoms with Crippen LogP contribution < -0.4 is 14.2 Å². The van der Waals surface area contributed by atoms with E-state index in [1.165, 1.54) is 38.5 Å². The Bertz CT molecular complexity index is 983. The van der Waals surface area contributed by atoms with Crippen LogP contribution in [0, 0.1) is 22.6 Å². The molecule has 0 unspecified atom stereocenters. The number of carbonyl (C=O) groups excluding carboxylic acids is 2. The van der Waals surface area contributed by atoms with E-state index in [0.29, 0.717) is 55.9 Å². The maximum Gasteiger partial charge on any atom is 0.260 e. The summed E-state index contributed by atoms with van der Waals surface area (Å²) in [7, 11) is 2.86. The normalized spacial score (nSPS) is 14.9. The first-order valence-electron chi connectivity index (χ1n) is 10.2.